The molecule has 0 bridgehead atoms. The number of fused-ring (bicyclic) bond motifs is 1. The van der Waals surface area contributed by atoms with Gasteiger partial charge in [0.1, 0.15) is 11.5 Å². The van der Waals surface area contributed by atoms with E-state index in [0.29, 0.717) is 23.1 Å². The molecule has 1 aliphatic heterocycles. The summed E-state index contributed by atoms with van der Waals surface area (Å²) in [6.45, 7) is 0.512. The van der Waals surface area contributed by atoms with Gasteiger partial charge in [-0.2, -0.15) is 4.98 Å². The number of hydrogen-bond acceptors (Lipinski definition) is 6. The van der Waals surface area contributed by atoms with E-state index in [9.17, 15) is 4.79 Å². The molecule has 1 aliphatic rings. The molecule has 2 aromatic carbocycles. The maximum atomic E-state index is 12.8. The number of carbonyl (C=O) groups is 1. The molecular formula is C20H16ClN5O. The number of carbonyl (C=O) groups excluding carboxylic acids is 1. The zero-order valence-corrected chi connectivity index (χ0v) is 15.1. The molecule has 1 aromatic heterocycles. The van der Waals surface area contributed by atoms with Gasteiger partial charge in [-0.1, -0.05) is 29.8 Å². The summed E-state index contributed by atoms with van der Waals surface area (Å²) in [7, 11) is 0. The molecule has 6 nitrogen and oxygen atoms in total. The van der Waals surface area contributed by atoms with Crippen molar-refractivity contribution in [3.8, 4) is 0 Å². The average molecular weight is 378 g/mol. The van der Waals surface area contributed by atoms with Crippen LogP contribution in [0.2, 0.25) is 5.02 Å². The van der Waals surface area contributed by atoms with Crippen molar-refractivity contribution in [3.05, 3.63) is 76.4 Å². The maximum absolute atomic E-state index is 12.8. The van der Waals surface area contributed by atoms with Gasteiger partial charge in [0.05, 0.1) is 6.54 Å². The van der Waals surface area contributed by atoms with Crippen molar-refractivity contribution in [1.29, 1.82) is 0 Å². The molecule has 2 heterocycles. The molecule has 0 atom stereocenters. The summed E-state index contributed by atoms with van der Waals surface area (Å²) in [6.07, 6.45) is 1.87. The van der Waals surface area contributed by atoms with Crippen LogP contribution in [0.3, 0.4) is 0 Å². The number of halogens is 1. The molecule has 0 spiro atoms. The van der Waals surface area contributed by atoms with Crippen molar-refractivity contribution in [2.45, 2.75) is 13.0 Å². The minimum Gasteiger partial charge on any atom is -0.368 e. The van der Waals surface area contributed by atoms with Crippen LogP contribution in [0.1, 0.15) is 16.7 Å². The molecule has 0 radical (unpaired) electrons. The van der Waals surface area contributed by atoms with Crippen molar-refractivity contribution in [2.75, 3.05) is 11.1 Å². The van der Waals surface area contributed by atoms with Crippen molar-refractivity contribution in [1.82, 2.24) is 9.97 Å². The summed E-state index contributed by atoms with van der Waals surface area (Å²) >= 11 is 5.90. The lowest BCUT2D eigenvalue weighted by molar-refractivity contribution is -0.112. The number of aromatic nitrogens is 2. The summed E-state index contributed by atoms with van der Waals surface area (Å²) in [4.78, 5) is 25.2. The number of benzene rings is 2. The Hall–Kier alpha value is -3.25. The van der Waals surface area contributed by atoms with Crippen LogP contribution in [0.5, 0.6) is 0 Å². The summed E-state index contributed by atoms with van der Waals surface area (Å²) in [5.41, 5.74) is 9.71. The summed E-state index contributed by atoms with van der Waals surface area (Å²) < 4.78 is 0. The first kappa shape index (κ1) is 17.2. The molecule has 3 N–H and O–H groups in total. The van der Waals surface area contributed by atoms with Gasteiger partial charge in [-0.3, -0.25) is 9.79 Å². The van der Waals surface area contributed by atoms with E-state index in [1.54, 1.807) is 24.4 Å². The lowest BCUT2D eigenvalue weighted by Crippen LogP contribution is -2.16. The van der Waals surface area contributed by atoms with Gasteiger partial charge in [-0.15, -0.1) is 0 Å². The maximum Gasteiger partial charge on any atom is 0.221 e. The molecule has 4 rings (SSSR count). The number of rotatable bonds is 5. The highest BCUT2D eigenvalue weighted by Crippen LogP contribution is 2.25. The fourth-order valence-corrected chi connectivity index (χ4v) is 3.09. The van der Waals surface area contributed by atoms with E-state index in [1.165, 1.54) is 0 Å². The van der Waals surface area contributed by atoms with Crippen LogP contribution >= 0.6 is 11.6 Å². The van der Waals surface area contributed by atoms with Crippen LogP contribution in [-0.2, 0) is 17.8 Å². The van der Waals surface area contributed by atoms with E-state index in [0.717, 1.165) is 22.4 Å². The minimum absolute atomic E-state index is 0.0143. The first-order chi connectivity index (χ1) is 13.1. The number of nitrogen functional groups attached to an aromatic ring is 1. The van der Waals surface area contributed by atoms with Gasteiger partial charge in [0, 0.05) is 28.9 Å². The second-order valence-electron chi connectivity index (χ2n) is 6.19. The molecule has 3 aromatic rings. The van der Waals surface area contributed by atoms with Crippen LogP contribution < -0.4 is 11.1 Å². The number of nitrogens with two attached hydrogens (primary N) is 1. The normalized spacial score (nSPS) is 12.4. The standard InChI is InChI=1S/C20H16ClN5O/c21-14-4-1-12(2-5-14)9-17(27)19-16-10-15(6-3-13(16)11-24-19)25-18-7-8-23-20(22)26-18/h1-8,10H,9,11H2,(H3,22,23,25,26). The molecule has 0 saturated carbocycles. The summed E-state index contributed by atoms with van der Waals surface area (Å²) in [5, 5.41) is 3.83. The SMILES string of the molecule is Nc1nccc(Nc2ccc3c(c2)C(C(=O)Cc2ccc(Cl)cc2)=NC3)n1. The first-order valence-corrected chi connectivity index (χ1v) is 8.77. The van der Waals surface area contributed by atoms with Gasteiger partial charge in [-0.05, 0) is 41.5 Å². The van der Waals surface area contributed by atoms with Crippen LogP contribution in [0.4, 0.5) is 17.5 Å². The van der Waals surface area contributed by atoms with Crippen LogP contribution in [0, 0.1) is 0 Å². The Bertz CT molecular complexity index is 1050. The summed E-state index contributed by atoms with van der Waals surface area (Å²) in [6, 6.07) is 14.8. The molecule has 7 heteroatoms. The lowest BCUT2D eigenvalue weighted by atomic mass is 9.98. The van der Waals surface area contributed by atoms with Crippen LogP contribution in [-0.4, -0.2) is 21.5 Å². The Balaban J connectivity index is 1.55. The third-order valence-corrected chi connectivity index (χ3v) is 4.51. The second kappa shape index (κ2) is 7.17. The zero-order chi connectivity index (χ0) is 18.8. The Morgan fingerprint density at radius 2 is 1.96 bits per heavy atom. The van der Waals surface area contributed by atoms with Crippen molar-refractivity contribution in [3.63, 3.8) is 0 Å². The number of aliphatic imine (C=N–C) groups is 1. The lowest BCUT2D eigenvalue weighted by Gasteiger charge is -2.09. The van der Waals surface area contributed by atoms with Gasteiger partial charge in [0.15, 0.2) is 5.78 Å². The van der Waals surface area contributed by atoms with Crippen molar-refractivity contribution in [2.24, 2.45) is 4.99 Å². The molecule has 0 aliphatic carbocycles. The third-order valence-electron chi connectivity index (χ3n) is 4.26. The molecule has 0 fully saturated rings. The average Bonchev–Trinajstić information content (AvgIpc) is 3.07. The Kier molecular flexibility index (Phi) is 4.56. The van der Waals surface area contributed by atoms with Crippen LogP contribution in [0.15, 0.2) is 59.7 Å². The van der Waals surface area contributed by atoms with E-state index in [4.69, 9.17) is 17.3 Å². The van der Waals surface area contributed by atoms with E-state index in [-0.39, 0.29) is 18.2 Å². The smallest absolute Gasteiger partial charge is 0.221 e. The topological polar surface area (TPSA) is 93.3 Å². The van der Waals surface area contributed by atoms with E-state index < -0.39 is 0 Å². The molecule has 27 heavy (non-hydrogen) atoms. The largest absolute Gasteiger partial charge is 0.368 e. The molecule has 134 valence electrons. The molecule has 0 amide bonds. The monoisotopic (exact) mass is 377 g/mol. The number of nitrogens with zero attached hydrogens (tertiary/aromatic N) is 3. The van der Waals surface area contributed by atoms with E-state index in [2.05, 4.69) is 20.3 Å². The number of nitrogens with one attached hydrogen (secondary N) is 1. The predicted molar refractivity (Wildman–Crippen MR) is 107 cm³/mol. The Morgan fingerprint density at radius 1 is 1.15 bits per heavy atom. The van der Waals surface area contributed by atoms with Gasteiger partial charge >= 0.3 is 0 Å². The van der Waals surface area contributed by atoms with Gasteiger partial charge in [0.2, 0.25) is 5.95 Å². The minimum atomic E-state index is -0.0143. The third kappa shape index (κ3) is 3.80. The summed E-state index contributed by atoms with van der Waals surface area (Å²) in [5.74, 6) is 0.771. The number of ketones is 1. The highest BCUT2D eigenvalue weighted by atomic mass is 35.5. The molecule has 0 saturated heterocycles. The number of Topliss-reactive ketones (excluding diaryl/α,β-unsaturated/α-hetero) is 1. The van der Waals surface area contributed by atoms with Crippen LogP contribution in [0.25, 0.3) is 0 Å². The predicted octanol–water partition coefficient (Wildman–Crippen LogP) is 3.57. The van der Waals surface area contributed by atoms with Crippen molar-refractivity contribution >= 4 is 40.5 Å². The quantitative estimate of drug-likeness (QED) is 0.709. The fourth-order valence-electron chi connectivity index (χ4n) is 2.96. The van der Waals surface area contributed by atoms with Gasteiger partial charge in [0.25, 0.3) is 0 Å². The number of hydrogen-bond donors (Lipinski definition) is 2. The number of anilines is 3. The van der Waals surface area contributed by atoms with Gasteiger partial charge < -0.3 is 11.1 Å². The van der Waals surface area contributed by atoms with E-state index in [1.807, 2.05) is 30.3 Å². The van der Waals surface area contributed by atoms with Crippen molar-refractivity contribution < 1.29 is 4.79 Å². The first-order valence-electron chi connectivity index (χ1n) is 8.39. The second-order valence-corrected chi connectivity index (χ2v) is 6.62. The highest BCUT2D eigenvalue weighted by Gasteiger charge is 2.22. The van der Waals surface area contributed by atoms with E-state index >= 15 is 0 Å². The zero-order valence-electron chi connectivity index (χ0n) is 14.3. The molecular weight excluding hydrogens is 362 g/mol. The Morgan fingerprint density at radius 3 is 2.74 bits per heavy atom. The molecule has 0 unspecified atom stereocenters. The highest BCUT2D eigenvalue weighted by molar-refractivity contribution is 6.47. The van der Waals surface area contributed by atoms with Gasteiger partial charge in [-0.25, -0.2) is 4.98 Å². The Labute approximate surface area is 161 Å². The fraction of sp³-hybridized carbons (Fsp3) is 0.100.